The minimum absolute atomic E-state index is 0.0138. The first kappa shape index (κ1) is 19.4. The van der Waals surface area contributed by atoms with Crippen LogP contribution >= 0.6 is 0 Å². The van der Waals surface area contributed by atoms with Gasteiger partial charge in [0.25, 0.3) is 0 Å². The Morgan fingerprint density at radius 2 is 1.77 bits per heavy atom. The molecule has 3 heterocycles. The third kappa shape index (κ3) is 3.89. The molecule has 7 heteroatoms. The second kappa shape index (κ2) is 8.65. The number of rotatable bonds is 7. The summed E-state index contributed by atoms with van der Waals surface area (Å²) in [4.78, 5) is 0. The average molecular weight is 406 g/mol. The van der Waals surface area contributed by atoms with E-state index < -0.39 is 0 Å². The van der Waals surface area contributed by atoms with Gasteiger partial charge in [0.1, 0.15) is 23.9 Å². The van der Waals surface area contributed by atoms with E-state index in [9.17, 15) is 0 Å². The molecule has 4 atom stereocenters. The van der Waals surface area contributed by atoms with Crippen LogP contribution in [0.2, 0.25) is 0 Å². The van der Waals surface area contributed by atoms with Gasteiger partial charge in [0.05, 0.1) is 32.1 Å². The van der Waals surface area contributed by atoms with Crippen LogP contribution in [0.3, 0.4) is 0 Å². The highest BCUT2D eigenvalue weighted by molar-refractivity contribution is 5.63. The number of ether oxygens (including phenoxy) is 3. The predicted molar refractivity (Wildman–Crippen MR) is 112 cm³/mol. The molecule has 0 radical (unpaired) electrons. The van der Waals surface area contributed by atoms with Crippen molar-refractivity contribution in [2.24, 2.45) is 0 Å². The van der Waals surface area contributed by atoms with E-state index in [-0.39, 0.29) is 24.3 Å². The summed E-state index contributed by atoms with van der Waals surface area (Å²) in [5.74, 6) is 0. The smallest absolute Gasteiger partial charge is 0.110 e. The molecule has 1 aromatic heterocycles. The highest BCUT2D eigenvalue weighted by Crippen LogP contribution is 2.34. The maximum absolute atomic E-state index is 6.08. The minimum Gasteiger partial charge on any atom is -0.378 e. The zero-order valence-electron chi connectivity index (χ0n) is 17.0. The normalized spacial score (nSPS) is 25.5. The van der Waals surface area contributed by atoms with Crippen molar-refractivity contribution >= 4 is 0 Å². The van der Waals surface area contributed by atoms with Gasteiger partial charge in [-0.15, -0.1) is 5.10 Å². The van der Waals surface area contributed by atoms with Gasteiger partial charge < -0.3 is 19.5 Å². The molecule has 0 amide bonds. The van der Waals surface area contributed by atoms with Crippen LogP contribution < -0.4 is 5.32 Å². The molecule has 0 saturated carbocycles. The Kier molecular flexibility index (Phi) is 5.59. The van der Waals surface area contributed by atoms with Crippen molar-refractivity contribution in [2.45, 2.75) is 37.4 Å². The lowest BCUT2D eigenvalue weighted by molar-refractivity contribution is 0.0619. The van der Waals surface area contributed by atoms with Crippen molar-refractivity contribution in [3.63, 3.8) is 0 Å². The fourth-order valence-electron chi connectivity index (χ4n) is 4.27. The lowest BCUT2D eigenvalue weighted by atomic mass is 10.0. The molecule has 7 nitrogen and oxygen atoms in total. The summed E-state index contributed by atoms with van der Waals surface area (Å²) in [6.45, 7) is 2.44. The molecule has 30 heavy (non-hydrogen) atoms. The first-order chi connectivity index (χ1) is 14.8. The summed E-state index contributed by atoms with van der Waals surface area (Å²) >= 11 is 0. The molecule has 5 rings (SSSR count). The number of fused-ring (bicyclic) bond motifs is 1. The van der Waals surface area contributed by atoms with E-state index in [0.29, 0.717) is 19.8 Å². The summed E-state index contributed by atoms with van der Waals surface area (Å²) in [5.41, 5.74) is 4.52. The lowest BCUT2D eigenvalue weighted by Gasteiger charge is -2.18. The van der Waals surface area contributed by atoms with E-state index in [2.05, 4.69) is 64.2 Å². The monoisotopic (exact) mass is 406 g/mol. The zero-order chi connectivity index (χ0) is 20.3. The Morgan fingerprint density at radius 1 is 1.00 bits per heavy atom. The fraction of sp³-hybridized carbons (Fsp3) is 0.391. The maximum Gasteiger partial charge on any atom is 0.110 e. The zero-order valence-corrected chi connectivity index (χ0v) is 17.0. The Labute approximate surface area is 176 Å². The molecule has 0 bridgehead atoms. The van der Waals surface area contributed by atoms with Gasteiger partial charge in [-0.1, -0.05) is 59.8 Å². The molecule has 2 aliphatic heterocycles. The fourth-order valence-corrected chi connectivity index (χ4v) is 4.27. The largest absolute Gasteiger partial charge is 0.378 e. The van der Waals surface area contributed by atoms with Gasteiger partial charge in [-0.3, -0.25) is 0 Å². The van der Waals surface area contributed by atoms with Crippen molar-refractivity contribution in [1.29, 1.82) is 0 Å². The van der Waals surface area contributed by atoms with Crippen molar-refractivity contribution in [2.75, 3.05) is 20.3 Å². The third-order valence-electron chi connectivity index (χ3n) is 5.85. The minimum atomic E-state index is -0.0138. The summed E-state index contributed by atoms with van der Waals surface area (Å²) in [6.07, 6.45) is 1.92. The van der Waals surface area contributed by atoms with E-state index in [1.165, 1.54) is 16.7 Å². The SMILES string of the molecule is COCc1cn([C@H]2CO[C@H]3[C@@H]2OC[C@@H]3NCc2ccc(-c3ccccc3)cc2)nn1. The summed E-state index contributed by atoms with van der Waals surface area (Å²) in [6, 6.07) is 19.3. The summed E-state index contributed by atoms with van der Waals surface area (Å²) < 4.78 is 19.1. The average Bonchev–Trinajstić information content (AvgIpc) is 3.51. The van der Waals surface area contributed by atoms with Gasteiger partial charge in [-0.25, -0.2) is 4.68 Å². The molecule has 3 aromatic rings. The van der Waals surface area contributed by atoms with Crippen LogP contribution in [-0.2, 0) is 27.4 Å². The molecule has 2 aromatic carbocycles. The number of methoxy groups -OCH3 is 1. The van der Waals surface area contributed by atoms with Crippen LogP contribution in [0.1, 0.15) is 17.3 Å². The molecular weight excluding hydrogens is 380 g/mol. The van der Waals surface area contributed by atoms with E-state index in [4.69, 9.17) is 14.2 Å². The molecule has 2 fully saturated rings. The molecule has 2 aliphatic rings. The Balaban J connectivity index is 1.18. The van der Waals surface area contributed by atoms with Crippen molar-refractivity contribution in [3.8, 4) is 11.1 Å². The second-order valence-corrected chi connectivity index (χ2v) is 7.84. The Hall–Kier alpha value is -2.58. The van der Waals surface area contributed by atoms with Gasteiger partial charge >= 0.3 is 0 Å². The van der Waals surface area contributed by atoms with E-state index in [1.807, 2.05) is 16.9 Å². The van der Waals surface area contributed by atoms with Crippen molar-refractivity contribution < 1.29 is 14.2 Å². The molecule has 0 aliphatic carbocycles. The van der Waals surface area contributed by atoms with E-state index >= 15 is 0 Å². The molecule has 156 valence electrons. The molecule has 0 spiro atoms. The highest BCUT2D eigenvalue weighted by Gasteiger charge is 2.48. The number of nitrogens with one attached hydrogen (secondary N) is 1. The third-order valence-corrected chi connectivity index (χ3v) is 5.85. The molecular formula is C23H26N4O3. The number of hydrogen-bond acceptors (Lipinski definition) is 6. The Bertz CT molecular complexity index is 960. The number of aromatic nitrogens is 3. The van der Waals surface area contributed by atoms with Crippen molar-refractivity contribution in [1.82, 2.24) is 20.3 Å². The van der Waals surface area contributed by atoms with Gasteiger partial charge in [0, 0.05) is 13.7 Å². The van der Waals surface area contributed by atoms with Crippen LogP contribution in [0, 0.1) is 0 Å². The lowest BCUT2D eigenvalue weighted by Crippen LogP contribution is -2.40. The first-order valence-corrected chi connectivity index (χ1v) is 10.3. The maximum atomic E-state index is 6.08. The highest BCUT2D eigenvalue weighted by atomic mass is 16.6. The quantitative estimate of drug-likeness (QED) is 0.650. The van der Waals surface area contributed by atoms with E-state index in [0.717, 1.165) is 12.2 Å². The standard InChI is InChI=1S/C23H26N4O3/c1-28-13-19-12-27(26-25-19)21-15-30-22-20(14-29-23(21)22)24-11-16-7-9-18(10-8-16)17-5-3-2-4-6-17/h2-10,12,20-24H,11,13-15H2,1H3/t20-,21-,22+,23+/m0/s1. The van der Waals surface area contributed by atoms with E-state index in [1.54, 1.807) is 7.11 Å². The molecule has 2 saturated heterocycles. The Morgan fingerprint density at radius 3 is 2.57 bits per heavy atom. The summed E-state index contributed by atoms with van der Waals surface area (Å²) in [7, 11) is 1.65. The van der Waals surface area contributed by atoms with Crippen LogP contribution in [0.25, 0.3) is 11.1 Å². The van der Waals surface area contributed by atoms with Crippen molar-refractivity contribution in [3.05, 3.63) is 72.1 Å². The van der Waals surface area contributed by atoms with Crippen LogP contribution in [-0.4, -0.2) is 53.6 Å². The molecule has 1 N–H and O–H groups in total. The topological polar surface area (TPSA) is 70.4 Å². The predicted octanol–water partition coefficient (Wildman–Crippen LogP) is 2.59. The van der Waals surface area contributed by atoms with Gasteiger partial charge in [0.2, 0.25) is 0 Å². The summed E-state index contributed by atoms with van der Waals surface area (Å²) in [5, 5.41) is 12.0. The number of nitrogens with zero attached hydrogens (tertiary/aromatic N) is 3. The number of hydrogen-bond donors (Lipinski definition) is 1. The second-order valence-electron chi connectivity index (χ2n) is 7.84. The van der Waals surface area contributed by atoms with Gasteiger partial charge in [0.15, 0.2) is 0 Å². The van der Waals surface area contributed by atoms with Gasteiger partial charge in [-0.05, 0) is 16.7 Å². The first-order valence-electron chi connectivity index (χ1n) is 10.3. The molecule has 0 unspecified atom stereocenters. The number of benzene rings is 2. The van der Waals surface area contributed by atoms with Crippen LogP contribution in [0.4, 0.5) is 0 Å². The van der Waals surface area contributed by atoms with Gasteiger partial charge in [-0.2, -0.15) is 0 Å². The van der Waals surface area contributed by atoms with Crippen LogP contribution in [0.5, 0.6) is 0 Å². The van der Waals surface area contributed by atoms with Crippen LogP contribution in [0.15, 0.2) is 60.8 Å².